The molecule has 1 amide bonds. The summed E-state index contributed by atoms with van der Waals surface area (Å²) in [5.41, 5.74) is 7.09. The Morgan fingerprint density at radius 1 is 1.40 bits per heavy atom. The molecule has 0 unspecified atom stereocenters. The summed E-state index contributed by atoms with van der Waals surface area (Å²) >= 11 is 3.38. The SMILES string of the molecule is CC(C)CC1(C(=O)Nc2ccc(Br)cc2N)CCCC1. The number of hydrogen-bond acceptors (Lipinski definition) is 2. The summed E-state index contributed by atoms with van der Waals surface area (Å²) in [5, 5.41) is 3.04. The van der Waals surface area contributed by atoms with E-state index in [1.165, 1.54) is 0 Å². The standard InChI is InChI=1S/C16H23BrN2O/c1-11(2)10-16(7-3-4-8-16)15(20)19-14-6-5-12(17)9-13(14)18/h5-6,9,11H,3-4,7-8,10,18H2,1-2H3,(H,19,20). The van der Waals surface area contributed by atoms with Gasteiger partial charge in [0.15, 0.2) is 0 Å². The summed E-state index contributed by atoms with van der Waals surface area (Å²) in [6.45, 7) is 4.36. The van der Waals surface area contributed by atoms with Crippen molar-refractivity contribution in [2.24, 2.45) is 11.3 Å². The molecule has 0 radical (unpaired) electrons. The Morgan fingerprint density at radius 3 is 2.60 bits per heavy atom. The molecule has 1 aromatic rings. The highest BCUT2D eigenvalue weighted by molar-refractivity contribution is 9.10. The first-order valence-corrected chi connectivity index (χ1v) is 8.09. The molecule has 1 aliphatic carbocycles. The number of carbonyl (C=O) groups excluding carboxylic acids is 1. The van der Waals surface area contributed by atoms with Crippen LogP contribution in [0.15, 0.2) is 22.7 Å². The van der Waals surface area contributed by atoms with Gasteiger partial charge in [0.1, 0.15) is 0 Å². The number of nitrogens with two attached hydrogens (primary N) is 1. The first kappa shape index (κ1) is 15.4. The Hall–Kier alpha value is -1.03. The van der Waals surface area contributed by atoms with E-state index in [2.05, 4.69) is 35.1 Å². The lowest BCUT2D eigenvalue weighted by Gasteiger charge is -2.29. The molecular formula is C16H23BrN2O. The van der Waals surface area contributed by atoms with Crippen molar-refractivity contribution in [3.63, 3.8) is 0 Å². The van der Waals surface area contributed by atoms with Crippen LogP contribution in [0.1, 0.15) is 46.0 Å². The number of hydrogen-bond donors (Lipinski definition) is 2. The molecule has 2 rings (SSSR count). The van der Waals surface area contributed by atoms with Gasteiger partial charge < -0.3 is 11.1 Å². The summed E-state index contributed by atoms with van der Waals surface area (Å²) in [6.07, 6.45) is 5.24. The Bertz CT molecular complexity index is 493. The number of carbonyl (C=O) groups is 1. The second kappa shape index (κ2) is 6.17. The maximum atomic E-state index is 12.7. The van der Waals surface area contributed by atoms with E-state index in [4.69, 9.17) is 5.73 Å². The van der Waals surface area contributed by atoms with Crippen LogP contribution in [0.3, 0.4) is 0 Å². The highest BCUT2D eigenvalue weighted by atomic mass is 79.9. The Labute approximate surface area is 129 Å². The molecule has 3 nitrogen and oxygen atoms in total. The molecule has 0 aliphatic heterocycles. The van der Waals surface area contributed by atoms with Crippen molar-refractivity contribution in [1.29, 1.82) is 0 Å². The first-order chi connectivity index (χ1) is 9.43. The van der Waals surface area contributed by atoms with Crippen LogP contribution in [0.25, 0.3) is 0 Å². The molecule has 110 valence electrons. The summed E-state index contributed by atoms with van der Waals surface area (Å²) in [4.78, 5) is 12.7. The predicted molar refractivity (Wildman–Crippen MR) is 87.5 cm³/mol. The number of nitrogens with one attached hydrogen (secondary N) is 1. The fourth-order valence-corrected chi connectivity index (χ4v) is 3.64. The monoisotopic (exact) mass is 338 g/mol. The second-order valence-corrected chi connectivity index (χ2v) is 7.19. The molecule has 20 heavy (non-hydrogen) atoms. The minimum absolute atomic E-state index is 0.137. The summed E-state index contributed by atoms with van der Waals surface area (Å²) in [5.74, 6) is 0.666. The summed E-state index contributed by atoms with van der Waals surface area (Å²) in [7, 11) is 0. The van der Waals surface area contributed by atoms with Crippen LogP contribution in [-0.2, 0) is 4.79 Å². The molecular weight excluding hydrogens is 316 g/mol. The van der Waals surface area contributed by atoms with Crippen molar-refractivity contribution < 1.29 is 4.79 Å². The van der Waals surface area contributed by atoms with Gasteiger partial charge >= 0.3 is 0 Å². The smallest absolute Gasteiger partial charge is 0.230 e. The largest absolute Gasteiger partial charge is 0.397 e. The van der Waals surface area contributed by atoms with Crippen LogP contribution in [-0.4, -0.2) is 5.91 Å². The van der Waals surface area contributed by atoms with Crippen LogP contribution >= 0.6 is 15.9 Å². The van der Waals surface area contributed by atoms with E-state index in [-0.39, 0.29) is 11.3 Å². The maximum absolute atomic E-state index is 12.7. The molecule has 1 fully saturated rings. The summed E-state index contributed by atoms with van der Waals surface area (Å²) in [6, 6.07) is 5.57. The van der Waals surface area contributed by atoms with Crippen LogP contribution in [0.4, 0.5) is 11.4 Å². The van der Waals surface area contributed by atoms with E-state index < -0.39 is 0 Å². The zero-order valence-electron chi connectivity index (χ0n) is 12.2. The van der Waals surface area contributed by atoms with Crippen molar-refractivity contribution in [3.05, 3.63) is 22.7 Å². The number of halogens is 1. The van der Waals surface area contributed by atoms with Crippen LogP contribution in [0.5, 0.6) is 0 Å². The molecule has 0 saturated heterocycles. The maximum Gasteiger partial charge on any atom is 0.230 e. The topological polar surface area (TPSA) is 55.1 Å². The molecule has 1 aliphatic rings. The van der Waals surface area contributed by atoms with E-state index in [0.29, 0.717) is 17.3 Å². The van der Waals surface area contributed by atoms with E-state index in [9.17, 15) is 4.79 Å². The van der Waals surface area contributed by atoms with E-state index in [0.717, 1.165) is 36.6 Å². The molecule has 0 spiro atoms. The van der Waals surface area contributed by atoms with Gasteiger partial charge in [-0.25, -0.2) is 0 Å². The lowest BCUT2D eigenvalue weighted by atomic mass is 9.77. The highest BCUT2D eigenvalue weighted by Crippen LogP contribution is 2.44. The highest BCUT2D eigenvalue weighted by Gasteiger charge is 2.41. The number of anilines is 2. The molecule has 0 atom stereocenters. The van der Waals surface area contributed by atoms with Crippen LogP contribution in [0, 0.1) is 11.3 Å². The Morgan fingerprint density at radius 2 is 2.05 bits per heavy atom. The van der Waals surface area contributed by atoms with Gasteiger partial charge in [-0.15, -0.1) is 0 Å². The summed E-state index contributed by atoms with van der Waals surface area (Å²) < 4.78 is 0.922. The van der Waals surface area contributed by atoms with Gasteiger partial charge in [-0.3, -0.25) is 4.79 Å². The number of rotatable bonds is 4. The van der Waals surface area contributed by atoms with Crippen molar-refractivity contribution in [2.45, 2.75) is 46.0 Å². The molecule has 3 N–H and O–H groups in total. The molecule has 1 saturated carbocycles. The van der Waals surface area contributed by atoms with Gasteiger partial charge in [-0.2, -0.15) is 0 Å². The number of amides is 1. The van der Waals surface area contributed by atoms with Crippen LogP contribution < -0.4 is 11.1 Å². The third-order valence-corrected chi connectivity index (χ3v) is 4.60. The quantitative estimate of drug-likeness (QED) is 0.789. The van der Waals surface area contributed by atoms with Crippen molar-refractivity contribution in [3.8, 4) is 0 Å². The zero-order valence-corrected chi connectivity index (χ0v) is 13.8. The van der Waals surface area contributed by atoms with Crippen molar-refractivity contribution in [1.82, 2.24) is 0 Å². The van der Waals surface area contributed by atoms with Crippen LogP contribution in [0.2, 0.25) is 0 Å². The fourth-order valence-electron chi connectivity index (χ4n) is 3.26. The van der Waals surface area contributed by atoms with E-state index in [1.54, 1.807) is 0 Å². The third-order valence-electron chi connectivity index (χ3n) is 4.10. The first-order valence-electron chi connectivity index (χ1n) is 7.29. The normalized spacial score (nSPS) is 17.4. The molecule has 1 aromatic carbocycles. The average Bonchev–Trinajstić information content (AvgIpc) is 2.81. The van der Waals surface area contributed by atoms with Gasteiger partial charge in [0.2, 0.25) is 5.91 Å². The van der Waals surface area contributed by atoms with Gasteiger partial charge in [-0.05, 0) is 43.4 Å². The van der Waals surface area contributed by atoms with Crippen molar-refractivity contribution in [2.75, 3.05) is 11.1 Å². The predicted octanol–water partition coefficient (Wildman–Crippen LogP) is 4.58. The number of nitrogen functional groups attached to an aromatic ring is 1. The molecule has 0 bridgehead atoms. The van der Waals surface area contributed by atoms with Gasteiger partial charge in [0.25, 0.3) is 0 Å². The Kier molecular flexibility index (Phi) is 4.74. The van der Waals surface area contributed by atoms with E-state index in [1.807, 2.05) is 18.2 Å². The Balaban J connectivity index is 2.16. The average molecular weight is 339 g/mol. The fraction of sp³-hybridized carbons (Fsp3) is 0.562. The number of benzene rings is 1. The molecule has 4 heteroatoms. The lowest BCUT2D eigenvalue weighted by molar-refractivity contribution is -0.126. The van der Waals surface area contributed by atoms with Gasteiger partial charge in [0, 0.05) is 9.89 Å². The second-order valence-electron chi connectivity index (χ2n) is 6.27. The minimum atomic E-state index is -0.201. The zero-order chi connectivity index (χ0) is 14.8. The minimum Gasteiger partial charge on any atom is -0.397 e. The lowest BCUT2D eigenvalue weighted by Crippen LogP contribution is -2.35. The van der Waals surface area contributed by atoms with Gasteiger partial charge in [0.05, 0.1) is 11.4 Å². The molecule has 0 heterocycles. The van der Waals surface area contributed by atoms with Gasteiger partial charge in [-0.1, -0.05) is 42.6 Å². The third kappa shape index (κ3) is 3.35. The molecule has 0 aromatic heterocycles. The van der Waals surface area contributed by atoms with E-state index >= 15 is 0 Å². The van der Waals surface area contributed by atoms with Crippen molar-refractivity contribution >= 4 is 33.2 Å².